The highest BCUT2D eigenvalue weighted by molar-refractivity contribution is 7.99. The first kappa shape index (κ1) is 21.1. The molecule has 0 amide bonds. The number of aryl methyl sites for hydroxylation is 1. The van der Waals surface area contributed by atoms with E-state index in [0.29, 0.717) is 21.4 Å². The van der Waals surface area contributed by atoms with Gasteiger partial charge in [-0.05, 0) is 48.9 Å². The number of aromatic hydroxyl groups is 1. The lowest BCUT2D eigenvalue weighted by molar-refractivity contribution is 0.414. The molecule has 2 aromatic carbocycles. The van der Waals surface area contributed by atoms with Gasteiger partial charge in [-0.25, -0.2) is 4.79 Å². The Morgan fingerprint density at radius 2 is 1.77 bits per heavy atom. The molecule has 158 valence electrons. The summed E-state index contributed by atoms with van der Waals surface area (Å²) in [6.07, 6.45) is 0. The third-order valence-corrected chi connectivity index (χ3v) is 6.17. The van der Waals surface area contributed by atoms with Crippen molar-refractivity contribution in [3.63, 3.8) is 0 Å². The van der Waals surface area contributed by atoms with Crippen molar-refractivity contribution in [1.29, 1.82) is 0 Å². The number of ether oxygens (including phenoxy) is 1. The number of nitrogens with zero attached hydrogens (tertiary/aromatic N) is 1. The van der Waals surface area contributed by atoms with E-state index in [1.807, 2.05) is 12.1 Å². The second kappa shape index (κ2) is 8.53. The van der Waals surface area contributed by atoms with Gasteiger partial charge >= 0.3 is 5.63 Å². The average molecular weight is 456 g/mol. The quantitative estimate of drug-likeness (QED) is 0.464. The molecule has 0 bridgehead atoms. The van der Waals surface area contributed by atoms with E-state index in [1.165, 1.54) is 4.57 Å². The Bertz CT molecular complexity index is 1380. The molecule has 0 aliphatic rings. The van der Waals surface area contributed by atoms with E-state index < -0.39 is 11.2 Å². The maximum Gasteiger partial charge on any atom is 0.354 e. The normalized spacial score (nSPS) is 11.1. The summed E-state index contributed by atoms with van der Waals surface area (Å²) in [5.74, 6) is 0.279. The lowest BCUT2D eigenvalue weighted by Crippen LogP contribution is -2.24. The van der Waals surface area contributed by atoms with E-state index in [-0.39, 0.29) is 28.2 Å². The third kappa shape index (κ3) is 4.19. The van der Waals surface area contributed by atoms with Crippen LogP contribution in [-0.2, 0) is 6.54 Å². The van der Waals surface area contributed by atoms with Crippen LogP contribution in [0.3, 0.4) is 0 Å². The monoisotopic (exact) mass is 455 g/mol. The molecule has 4 rings (SSSR count). The summed E-state index contributed by atoms with van der Waals surface area (Å²) in [6, 6.07) is 15.7. The van der Waals surface area contributed by atoms with Gasteiger partial charge in [-0.2, -0.15) is 0 Å². The number of aromatic nitrogens is 1. The van der Waals surface area contributed by atoms with Gasteiger partial charge in [0.25, 0.3) is 5.56 Å². The fourth-order valence-corrected chi connectivity index (χ4v) is 4.17. The van der Waals surface area contributed by atoms with Crippen molar-refractivity contribution in [3.05, 3.63) is 91.7 Å². The Morgan fingerprint density at radius 1 is 1.10 bits per heavy atom. The second-order valence-electron chi connectivity index (χ2n) is 6.89. The summed E-state index contributed by atoms with van der Waals surface area (Å²) in [4.78, 5) is 26.4. The molecule has 1 N–H and O–H groups in total. The number of fused-ring (bicyclic) bond motifs is 1. The molecule has 0 unspecified atom stereocenters. The van der Waals surface area contributed by atoms with Gasteiger partial charge in [0, 0.05) is 21.7 Å². The summed E-state index contributed by atoms with van der Waals surface area (Å²) >= 11 is 6.96. The van der Waals surface area contributed by atoms with Gasteiger partial charge in [0.15, 0.2) is 5.75 Å². The highest BCUT2D eigenvalue weighted by Gasteiger charge is 2.20. The van der Waals surface area contributed by atoms with Crippen LogP contribution in [-0.4, -0.2) is 16.8 Å². The zero-order valence-electron chi connectivity index (χ0n) is 16.7. The lowest BCUT2D eigenvalue weighted by atomic mass is 10.2. The zero-order valence-corrected chi connectivity index (χ0v) is 18.3. The Labute approximate surface area is 186 Å². The molecule has 2 aromatic heterocycles. The van der Waals surface area contributed by atoms with Crippen LogP contribution in [0, 0.1) is 6.92 Å². The molecule has 0 fully saturated rings. The van der Waals surface area contributed by atoms with E-state index in [0.717, 1.165) is 17.3 Å². The molecule has 4 aromatic rings. The number of rotatable bonds is 5. The average Bonchev–Trinajstić information content (AvgIpc) is 2.75. The standard InChI is InChI=1S/C23H18ClNO5S/c1-13-11-18-19(22(27)25(13)12-14-3-5-15(24)6-4-14)20(26)21(23(28)30-18)31-17-9-7-16(29-2)8-10-17/h3-11,26H,12H2,1-2H3. The number of benzene rings is 2. The van der Waals surface area contributed by atoms with E-state index in [1.54, 1.807) is 56.5 Å². The largest absolute Gasteiger partial charge is 0.505 e. The molecule has 0 saturated carbocycles. The van der Waals surface area contributed by atoms with Crippen LogP contribution in [0.2, 0.25) is 5.02 Å². The van der Waals surface area contributed by atoms with Crippen LogP contribution in [0.1, 0.15) is 11.3 Å². The molecule has 31 heavy (non-hydrogen) atoms. The van der Waals surface area contributed by atoms with Crippen molar-refractivity contribution in [3.8, 4) is 11.5 Å². The van der Waals surface area contributed by atoms with Gasteiger partial charge in [0.05, 0.1) is 13.7 Å². The Morgan fingerprint density at radius 3 is 2.42 bits per heavy atom. The van der Waals surface area contributed by atoms with Gasteiger partial charge in [0.2, 0.25) is 0 Å². The van der Waals surface area contributed by atoms with Crippen LogP contribution in [0.4, 0.5) is 0 Å². The van der Waals surface area contributed by atoms with Crippen molar-refractivity contribution in [2.75, 3.05) is 7.11 Å². The second-order valence-corrected chi connectivity index (χ2v) is 8.41. The first-order chi connectivity index (χ1) is 14.9. The third-order valence-electron chi connectivity index (χ3n) is 4.84. The van der Waals surface area contributed by atoms with Gasteiger partial charge in [-0.3, -0.25) is 4.79 Å². The summed E-state index contributed by atoms with van der Waals surface area (Å²) in [7, 11) is 1.56. The van der Waals surface area contributed by atoms with Crippen LogP contribution in [0.5, 0.6) is 11.5 Å². The van der Waals surface area contributed by atoms with E-state index in [9.17, 15) is 14.7 Å². The maximum absolute atomic E-state index is 13.2. The van der Waals surface area contributed by atoms with E-state index >= 15 is 0 Å². The summed E-state index contributed by atoms with van der Waals surface area (Å²) in [5.41, 5.74) is 0.378. The molecular weight excluding hydrogens is 438 g/mol. The van der Waals surface area contributed by atoms with Crippen LogP contribution >= 0.6 is 23.4 Å². The number of methoxy groups -OCH3 is 1. The number of halogens is 1. The predicted octanol–water partition coefficient (Wildman–Crippen LogP) is 4.83. The Balaban J connectivity index is 1.81. The molecule has 0 aliphatic carbocycles. The van der Waals surface area contributed by atoms with Crippen molar-refractivity contribution in [2.24, 2.45) is 0 Å². The van der Waals surface area contributed by atoms with Crippen molar-refractivity contribution >= 4 is 34.3 Å². The van der Waals surface area contributed by atoms with Crippen molar-refractivity contribution in [2.45, 2.75) is 23.3 Å². The first-order valence-electron chi connectivity index (χ1n) is 9.34. The van der Waals surface area contributed by atoms with Crippen LogP contribution in [0.15, 0.2) is 78.4 Å². The molecule has 8 heteroatoms. The summed E-state index contributed by atoms with van der Waals surface area (Å²) < 4.78 is 12.0. The summed E-state index contributed by atoms with van der Waals surface area (Å²) in [5, 5.41) is 11.4. The summed E-state index contributed by atoms with van der Waals surface area (Å²) in [6.45, 7) is 2.03. The lowest BCUT2D eigenvalue weighted by Gasteiger charge is -2.13. The molecular formula is C23H18ClNO5S. The van der Waals surface area contributed by atoms with Crippen molar-refractivity contribution < 1.29 is 14.3 Å². The van der Waals surface area contributed by atoms with Crippen molar-refractivity contribution in [1.82, 2.24) is 4.57 Å². The number of hydrogen-bond donors (Lipinski definition) is 1. The highest BCUT2D eigenvalue weighted by atomic mass is 35.5. The molecule has 0 radical (unpaired) electrons. The van der Waals surface area contributed by atoms with Gasteiger partial charge < -0.3 is 18.8 Å². The fraction of sp³-hybridized carbons (Fsp3) is 0.130. The molecule has 0 aliphatic heterocycles. The Hall–Kier alpha value is -3.16. The number of pyridine rings is 1. The first-order valence-corrected chi connectivity index (χ1v) is 10.5. The molecule has 0 spiro atoms. The highest BCUT2D eigenvalue weighted by Crippen LogP contribution is 2.36. The maximum atomic E-state index is 13.2. The molecule has 0 saturated heterocycles. The minimum Gasteiger partial charge on any atom is -0.505 e. The van der Waals surface area contributed by atoms with Gasteiger partial charge in [-0.15, -0.1) is 0 Å². The minimum atomic E-state index is -0.708. The SMILES string of the molecule is COc1ccc(Sc2c(O)c3c(=O)n(Cc4ccc(Cl)cc4)c(C)cc3oc2=O)cc1. The van der Waals surface area contributed by atoms with E-state index in [4.69, 9.17) is 20.8 Å². The van der Waals surface area contributed by atoms with Crippen LogP contribution < -0.4 is 15.9 Å². The topological polar surface area (TPSA) is 81.7 Å². The number of hydrogen-bond acceptors (Lipinski definition) is 6. The fourth-order valence-electron chi connectivity index (χ4n) is 3.22. The predicted molar refractivity (Wildman–Crippen MR) is 121 cm³/mol. The Kier molecular flexibility index (Phi) is 5.80. The molecule has 0 atom stereocenters. The van der Waals surface area contributed by atoms with E-state index in [2.05, 4.69) is 0 Å². The minimum absolute atomic E-state index is 0.0322. The zero-order chi connectivity index (χ0) is 22.1. The molecule has 2 heterocycles. The van der Waals surface area contributed by atoms with Gasteiger partial charge in [0.1, 0.15) is 21.6 Å². The van der Waals surface area contributed by atoms with Crippen LogP contribution in [0.25, 0.3) is 11.0 Å². The molecule has 6 nitrogen and oxygen atoms in total. The smallest absolute Gasteiger partial charge is 0.354 e. The van der Waals surface area contributed by atoms with Gasteiger partial charge in [-0.1, -0.05) is 35.5 Å².